The van der Waals surface area contributed by atoms with E-state index in [0.29, 0.717) is 0 Å². The van der Waals surface area contributed by atoms with Crippen LogP contribution in [-0.2, 0) is 0 Å². The average molecular weight is 295 g/mol. The number of nitrogens with zero attached hydrogens (tertiary/aromatic N) is 2. The summed E-state index contributed by atoms with van der Waals surface area (Å²) in [5.74, 6) is 1.74. The van der Waals surface area contributed by atoms with Crippen molar-refractivity contribution in [2.75, 3.05) is 5.32 Å². The number of fused-ring (bicyclic) bond motifs is 2. The molecule has 0 spiro atoms. The van der Waals surface area contributed by atoms with E-state index in [9.17, 15) is 0 Å². The summed E-state index contributed by atoms with van der Waals surface area (Å²) in [5.41, 5.74) is 0.907. The van der Waals surface area contributed by atoms with Crippen LogP contribution in [0.2, 0.25) is 0 Å². The lowest BCUT2D eigenvalue weighted by molar-refractivity contribution is 0.526. The van der Waals surface area contributed by atoms with Crippen LogP contribution in [0, 0.1) is 0 Å². The first-order valence-corrected chi connectivity index (χ1v) is 7.62. The fourth-order valence-electron chi connectivity index (χ4n) is 2.40. The first-order chi connectivity index (χ1) is 10.3. The van der Waals surface area contributed by atoms with E-state index >= 15 is 0 Å². The van der Waals surface area contributed by atoms with Gasteiger partial charge in [-0.05, 0) is 30.5 Å². The zero-order chi connectivity index (χ0) is 14.2. The number of anilines is 1. The number of furan rings is 1. The van der Waals surface area contributed by atoms with Gasteiger partial charge in [0.1, 0.15) is 28.3 Å². The Hall–Kier alpha value is -2.40. The van der Waals surface area contributed by atoms with Crippen molar-refractivity contribution in [2.45, 2.75) is 13.0 Å². The molecule has 0 fully saturated rings. The van der Waals surface area contributed by atoms with Gasteiger partial charge in [-0.1, -0.05) is 18.2 Å². The van der Waals surface area contributed by atoms with Crippen molar-refractivity contribution in [1.29, 1.82) is 0 Å². The second-order valence-corrected chi connectivity index (χ2v) is 5.81. The van der Waals surface area contributed by atoms with Crippen molar-refractivity contribution >= 4 is 38.3 Å². The van der Waals surface area contributed by atoms with Gasteiger partial charge >= 0.3 is 0 Å². The normalized spacial score (nSPS) is 12.8. The SMILES string of the molecule is CC(Nc1ncnc2sccc12)c1cc2ccccc2o1. The summed E-state index contributed by atoms with van der Waals surface area (Å²) in [6.07, 6.45) is 1.59. The Bertz CT molecular complexity index is 879. The van der Waals surface area contributed by atoms with Crippen molar-refractivity contribution in [2.24, 2.45) is 0 Å². The molecule has 4 rings (SSSR count). The first-order valence-electron chi connectivity index (χ1n) is 6.74. The lowest BCUT2D eigenvalue weighted by Crippen LogP contribution is -2.07. The van der Waals surface area contributed by atoms with Crippen LogP contribution in [0.3, 0.4) is 0 Å². The molecule has 0 aliphatic carbocycles. The van der Waals surface area contributed by atoms with Gasteiger partial charge in [0.2, 0.25) is 0 Å². The Morgan fingerprint density at radius 1 is 1.19 bits per heavy atom. The molecule has 0 amide bonds. The van der Waals surface area contributed by atoms with Crippen LogP contribution >= 0.6 is 11.3 Å². The molecular weight excluding hydrogens is 282 g/mol. The summed E-state index contributed by atoms with van der Waals surface area (Å²) in [6, 6.07) is 12.2. The van der Waals surface area contributed by atoms with Crippen molar-refractivity contribution in [3.63, 3.8) is 0 Å². The summed E-state index contributed by atoms with van der Waals surface area (Å²) in [5, 5.41) is 7.60. The number of rotatable bonds is 3. The molecule has 1 unspecified atom stereocenters. The van der Waals surface area contributed by atoms with Gasteiger partial charge in [-0.3, -0.25) is 0 Å². The van der Waals surface area contributed by atoms with Crippen molar-refractivity contribution in [1.82, 2.24) is 9.97 Å². The standard InChI is InChI=1S/C16H13N3OS/c1-10(14-8-11-4-2-3-5-13(11)20-14)19-15-12-6-7-21-16(12)18-9-17-15/h2-10H,1H3,(H,17,18,19). The highest BCUT2D eigenvalue weighted by atomic mass is 32.1. The van der Waals surface area contributed by atoms with E-state index in [-0.39, 0.29) is 6.04 Å². The van der Waals surface area contributed by atoms with E-state index in [2.05, 4.69) is 34.3 Å². The second-order valence-electron chi connectivity index (χ2n) is 4.91. The predicted octanol–water partition coefficient (Wildman–Crippen LogP) is 4.61. The van der Waals surface area contributed by atoms with E-state index in [4.69, 9.17) is 4.42 Å². The number of hydrogen-bond acceptors (Lipinski definition) is 5. The van der Waals surface area contributed by atoms with Gasteiger partial charge in [-0.15, -0.1) is 11.3 Å². The van der Waals surface area contributed by atoms with Gasteiger partial charge in [-0.25, -0.2) is 9.97 Å². The third kappa shape index (κ3) is 2.15. The van der Waals surface area contributed by atoms with Crippen LogP contribution in [-0.4, -0.2) is 9.97 Å². The fraction of sp³-hybridized carbons (Fsp3) is 0.125. The minimum Gasteiger partial charge on any atom is -0.459 e. The maximum absolute atomic E-state index is 5.89. The predicted molar refractivity (Wildman–Crippen MR) is 85.7 cm³/mol. The molecule has 5 heteroatoms. The molecule has 21 heavy (non-hydrogen) atoms. The smallest absolute Gasteiger partial charge is 0.138 e. The molecule has 1 atom stereocenters. The zero-order valence-corrected chi connectivity index (χ0v) is 12.2. The van der Waals surface area contributed by atoms with E-state index in [1.807, 2.05) is 29.6 Å². The Balaban J connectivity index is 1.68. The molecule has 1 N–H and O–H groups in total. The number of nitrogens with one attached hydrogen (secondary N) is 1. The Labute approximate surface area is 125 Å². The Morgan fingerprint density at radius 3 is 3.00 bits per heavy atom. The van der Waals surface area contributed by atoms with Gasteiger partial charge in [0, 0.05) is 5.39 Å². The Kier molecular flexibility index (Phi) is 2.86. The summed E-state index contributed by atoms with van der Waals surface area (Å²) < 4.78 is 5.89. The van der Waals surface area contributed by atoms with Gasteiger partial charge in [0.25, 0.3) is 0 Å². The van der Waals surface area contributed by atoms with Gasteiger partial charge < -0.3 is 9.73 Å². The number of benzene rings is 1. The topological polar surface area (TPSA) is 51.0 Å². The quantitative estimate of drug-likeness (QED) is 0.599. The van der Waals surface area contributed by atoms with Crippen LogP contribution in [0.25, 0.3) is 21.2 Å². The van der Waals surface area contributed by atoms with Crippen LogP contribution in [0.15, 0.2) is 52.5 Å². The monoisotopic (exact) mass is 295 g/mol. The lowest BCUT2D eigenvalue weighted by atomic mass is 10.2. The fourth-order valence-corrected chi connectivity index (χ4v) is 3.13. The zero-order valence-electron chi connectivity index (χ0n) is 11.4. The second kappa shape index (κ2) is 4.86. The largest absolute Gasteiger partial charge is 0.459 e. The van der Waals surface area contributed by atoms with Crippen molar-refractivity contribution in [3.8, 4) is 0 Å². The van der Waals surface area contributed by atoms with E-state index in [1.165, 1.54) is 0 Å². The molecule has 0 saturated heterocycles. The van der Waals surface area contributed by atoms with Gasteiger partial charge in [-0.2, -0.15) is 0 Å². The summed E-state index contributed by atoms with van der Waals surface area (Å²) in [6.45, 7) is 2.07. The molecular formula is C16H13N3OS. The minimum atomic E-state index is 0.0374. The molecule has 3 aromatic heterocycles. The molecule has 0 bridgehead atoms. The van der Waals surface area contributed by atoms with E-state index < -0.39 is 0 Å². The molecule has 1 aromatic carbocycles. The highest BCUT2D eigenvalue weighted by Crippen LogP contribution is 2.29. The van der Waals surface area contributed by atoms with Crippen LogP contribution in [0.5, 0.6) is 0 Å². The van der Waals surface area contributed by atoms with Crippen molar-refractivity contribution in [3.05, 3.63) is 53.9 Å². The summed E-state index contributed by atoms with van der Waals surface area (Å²) >= 11 is 1.61. The van der Waals surface area contributed by atoms with Crippen LogP contribution < -0.4 is 5.32 Å². The van der Waals surface area contributed by atoms with E-state index in [0.717, 1.165) is 32.8 Å². The molecule has 0 saturated carbocycles. The van der Waals surface area contributed by atoms with Gasteiger partial charge in [0.15, 0.2) is 0 Å². The minimum absolute atomic E-state index is 0.0374. The molecule has 3 heterocycles. The van der Waals surface area contributed by atoms with Crippen molar-refractivity contribution < 1.29 is 4.42 Å². The highest BCUT2D eigenvalue weighted by Gasteiger charge is 2.13. The Morgan fingerprint density at radius 2 is 2.10 bits per heavy atom. The number of hydrogen-bond donors (Lipinski definition) is 1. The van der Waals surface area contributed by atoms with Crippen LogP contribution in [0.1, 0.15) is 18.7 Å². The number of aromatic nitrogens is 2. The number of thiophene rings is 1. The molecule has 0 aliphatic heterocycles. The average Bonchev–Trinajstić information content (AvgIpc) is 3.14. The van der Waals surface area contributed by atoms with E-state index in [1.54, 1.807) is 17.7 Å². The molecule has 4 nitrogen and oxygen atoms in total. The maximum atomic E-state index is 5.89. The first kappa shape index (κ1) is 12.3. The molecule has 104 valence electrons. The molecule has 0 radical (unpaired) electrons. The highest BCUT2D eigenvalue weighted by molar-refractivity contribution is 7.16. The summed E-state index contributed by atoms with van der Waals surface area (Å²) in [4.78, 5) is 9.59. The molecule has 4 aromatic rings. The maximum Gasteiger partial charge on any atom is 0.138 e. The lowest BCUT2D eigenvalue weighted by Gasteiger charge is -2.12. The third-order valence-electron chi connectivity index (χ3n) is 3.49. The molecule has 0 aliphatic rings. The van der Waals surface area contributed by atoms with Gasteiger partial charge in [0.05, 0.1) is 11.4 Å². The number of para-hydroxylation sites is 1. The summed E-state index contributed by atoms with van der Waals surface area (Å²) in [7, 11) is 0. The van der Waals surface area contributed by atoms with Crippen LogP contribution in [0.4, 0.5) is 5.82 Å². The third-order valence-corrected chi connectivity index (χ3v) is 4.31.